The van der Waals surface area contributed by atoms with Crippen LogP contribution in [0.3, 0.4) is 0 Å². The lowest BCUT2D eigenvalue weighted by molar-refractivity contribution is 0.271. The second-order valence-electron chi connectivity index (χ2n) is 3.60. The third kappa shape index (κ3) is 2.45. The summed E-state index contributed by atoms with van der Waals surface area (Å²) in [6, 6.07) is 0. The van der Waals surface area contributed by atoms with Gasteiger partial charge in [-0.25, -0.2) is 0 Å². The fourth-order valence-corrected chi connectivity index (χ4v) is 2.48. The van der Waals surface area contributed by atoms with Crippen molar-refractivity contribution in [3.8, 4) is 0 Å². The van der Waals surface area contributed by atoms with Gasteiger partial charge in [-0.1, -0.05) is 18.3 Å². The summed E-state index contributed by atoms with van der Waals surface area (Å²) in [5, 5.41) is 10.1. The van der Waals surface area contributed by atoms with E-state index in [2.05, 4.69) is 26.9 Å². The van der Waals surface area contributed by atoms with Crippen molar-refractivity contribution in [3.63, 3.8) is 0 Å². The SMILES string of the molecule is CCN1CCN(c2nnc(CN)s2)CC1. The molecule has 1 saturated heterocycles. The van der Waals surface area contributed by atoms with Crippen molar-refractivity contribution in [3.05, 3.63) is 5.01 Å². The maximum absolute atomic E-state index is 5.52. The Hall–Kier alpha value is -0.720. The van der Waals surface area contributed by atoms with E-state index in [-0.39, 0.29) is 0 Å². The molecule has 2 rings (SSSR count). The van der Waals surface area contributed by atoms with Crippen molar-refractivity contribution >= 4 is 16.5 Å². The molecule has 15 heavy (non-hydrogen) atoms. The van der Waals surface area contributed by atoms with Crippen LogP contribution < -0.4 is 10.6 Å². The molecule has 5 nitrogen and oxygen atoms in total. The van der Waals surface area contributed by atoms with E-state index in [1.807, 2.05) is 0 Å². The van der Waals surface area contributed by atoms with Gasteiger partial charge in [0.25, 0.3) is 0 Å². The van der Waals surface area contributed by atoms with E-state index in [4.69, 9.17) is 5.73 Å². The van der Waals surface area contributed by atoms with Crippen molar-refractivity contribution in [2.45, 2.75) is 13.5 Å². The van der Waals surface area contributed by atoms with Gasteiger partial charge in [0.05, 0.1) is 0 Å². The highest BCUT2D eigenvalue weighted by molar-refractivity contribution is 7.15. The predicted octanol–water partition coefficient (Wildman–Crippen LogP) is 0.139. The molecule has 6 heteroatoms. The zero-order valence-electron chi connectivity index (χ0n) is 9.02. The number of hydrogen-bond donors (Lipinski definition) is 1. The van der Waals surface area contributed by atoms with Crippen LogP contribution in [0.4, 0.5) is 5.13 Å². The van der Waals surface area contributed by atoms with Crippen LogP contribution in [-0.4, -0.2) is 47.8 Å². The van der Waals surface area contributed by atoms with Gasteiger partial charge in [-0.2, -0.15) is 0 Å². The predicted molar refractivity (Wildman–Crippen MR) is 62.1 cm³/mol. The third-order valence-corrected chi connectivity index (χ3v) is 3.73. The van der Waals surface area contributed by atoms with E-state index in [0.29, 0.717) is 6.54 Å². The summed E-state index contributed by atoms with van der Waals surface area (Å²) in [6.45, 7) is 8.17. The topological polar surface area (TPSA) is 58.3 Å². The number of nitrogens with zero attached hydrogens (tertiary/aromatic N) is 4. The first kappa shape index (κ1) is 10.8. The molecule has 0 saturated carbocycles. The number of aromatic nitrogens is 2. The highest BCUT2D eigenvalue weighted by Crippen LogP contribution is 2.20. The first-order valence-electron chi connectivity index (χ1n) is 5.33. The van der Waals surface area contributed by atoms with Crippen LogP contribution in [0.2, 0.25) is 0 Å². The zero-order chi connectivity index (χ0) is 10.7. The number of anilines is 1. The third-order valence-electron chi connectivity index (χ3n) is 2.72. The Morgan fingerprint density at radius 1 is 1.27 bits per heavy atom. The average molecular weight is 227 g/mol. The van der Waals surface area contributed by atoms with E-state index in [9.17, 15) is 0 Å². The number of piperazine rings is 1. The maximum atomic E-state index is 5.52. The molecule has 1 aliphatic heterocycles. The summed E-state index contributed by atoms with van der Waals surface area (Å²) in [5.41, 5.74) is 5.52. The van der Waals surface area contributed by atoms with Crippen molar-refractivity contribution < 1.29 is 0 Å². The first-order valence-corrected chi connectivity index (χ1v) is 6.15. The summed E-state index contributed by atoms with van der Waals surface area (Å²) in [6.07, 6.45) is 0. The van der Waals surface area contributed by atoms with Crippen LogP contribution >= 0.6 is 11.3 Å². The highest BCUT2D eigenvalue weighted by Gasteiger charge is 2.18. The van der Waals surface area contributed by atoms with Crippen molar-refractivity contribution in [2.24, 2.45) is 5.73 Å². The Morgan fingerprint density at radius 3 is 2.53 bits per heavy atom. The van der Waals surface area contributed by atoms with Gasteiger partial charge in [-0.3, -0.25) is 0 Å². The molecule has 1 aromatic heterocycles. The molecule has 0 aromatic carbocycles. The maximum Gasteiger partial charge on any atom is 0.208 e. The highest BCUT2D eigenvalue weighted by atomic mass is 32.1. The molecule has 0 unspecified atom stereocenters. The van der Waals surface area contributed by atoms with Crippen LogP contribution in [0, 0.1) is 0 Å². The molecule has 0 spiro atoms. The summed E-state index contributed by atoms with van der Waals surface area (Å²) < 4.78 is 0. The van der Waals surface area contributed by atoms with Gasteiger partial charge in [0, 0.05) is 32.7 Å². The monoisotopic (exact) mass is 227 g/mol. The lowest BCUT2D eigenvalue weighted by atomic mass is 10.3. The zero-order valence-corrected chi connectivity index (χ0v) is 9.83. The molecule has 84 valence electrons. The molecule has 0 aliphatic carbocycles. The van der Waals surface area contributed by atoms with Crippen LogP contribution in [0.15, 0.2) is 0 Å². The Kier molecular flexibility index (Phi) is 3.50. The molecule has 1 aromatic rings. The van der Waals surface area contributed by atoms with Crippen LogP contribution in [0.25, 0.3) is 0 Å². The molecule has 0 bridgehead atoms. The number of nitrogens with two attached hydrogens (primary N) is 1. The summed E-state index contributed by atoms with van der Waals surface area (Å²) in [5.74, 6) is 0. The molecule has 1 aliphatic rings. The number of rotatable bonds is 3. The van der Waals surface area contributed by atoms with Gasteiger partial charge >= 0.3 is 0 Å². The quantitative estimate of drug-likeness (QED) is 0.796. The Morgan fingerprint density at radius 2 is 2.00 bits per heavy atom. The van der Waals surface area contributed by atoms with Crippen molar-refractivity contribution in [2.75, 3.05) is 37.6 Å². The smallest absolute Gasteiger partial charge is 0.208 e. The van der Waals surface area contributed by atoms with Crippen LogP contribution in [-0.2, 0) is 6.54 Å². The van der Waals surface area contributed by atoms with Crippen molar-refractivity contribution in [1.29, 1.82) is 0 Å². The normalized spacial score (nSPS) is 18.4. The molecule has 2 N–H and O–H groups in total. The second kappa shape index (κ2) is 4.87. The number of hydrogen-bond acceptors (Lipinski definition) is 6. The van der Waals surface area contributed by atoms with E-state index in [0.717, 1.165) is 42.9 Å². The molecule has 0 radical (unpaired) electrons. The van der Waals surface area contributed by atoms with Crippen LogP contribution in [0.1, 0.15) is 11.9 Å². The lowest BCUT2D eigenvalue weighted by Crippen LogP contribution is -2.46. The second-order valence-corrected chi connectivity index (χ2v) is 4.64. The molecule has 1 fully saturated rings. The van der Waals surface area contributed by atoms with Gasteiger partial charge in [-0.15, -0.1) is 10.2 Å². The molecular formula is C9H17N5S. The van der Waals surface area contributed by atoms with E-state index < -0.39 is 0 Å². The van der Waals surface area contributed by atoms with Gasteiger partial charge in [0.1, 0.15) is 5.01 Å². The summed E-state index contributed by atoms with van der Waals surface area (Å²) in [4.78, 5) is 4.74. The van der Waals surface area contributed by atoms with Crippen molar-refractivity contribution in [1.82, 2.24) is 15.1 Å². The molecular weight excluding hydrogens is 210 g/mol. The summed E-state index contributed by atoms with van der Waals surface area (Å²) in [7, 11) is 0. The fraction of sp³-hybridized carbons (Fsp3) is 0.778. The first-order chi connectivity index (χ1) is 7.33. The van der Waals surface area contributed by atoms with E-state index >= 15 is 0 Å². The summed E-state index contributed by atoms with van der Waals surface area (Å²) >= 11 is 1.61. The van der Waals surface area contributed by atoms with Gasteiger partial charge in [0.15, 0.2) is 0 Å². The Balaban J connectivity index is 1.95. The molecule has 0 amide bonds. The van der Waals surface area contributed by atoms with Gasteiger partial charge < -0.3 is 15.5 Å². The lowest BCUT2D eigenvalue weighted by Gasteiger charge is -2.33. The molecule has 0 atom stereocenters. The minimum Gasteiger partial charge on any atom is -0.344 e. The minimum absolute atomic E-state index is 0.493. The average Bonchev–Trinajstić information content (AvgIpc) is 2.78. The molecule has 2 heterocycles. The van der Waals surface area contributed by atoms with E-state index in [1.54, 1.807) is 11.3 Å². The largest absolute Gasteiger partial charge is 0.344 e. The minimum atomic E-state index is 0.493. The Labute approximate surface area is 93.9 Å². The Bertz CT molecular complexity index is 305. The standard InChI is InChI=1S/C9H17N5S/c1-2-13-3-5-14(6-4-13)9-12-11-8(7-10)15-9/h2-7,10H2,1H3. The number of likely N-dealkylation sites (N-methyl/N-ethyl adjacent to an activating group) is 1. The van der Waals surface area contributed by atoms with Gasteiger partial charge in [0.2, 0.25) is 5.13 Å². The fourth-order valence-electron chi connectivity index (χ4n) is 1.71. The van der Waals surface area contributed by atoms with Crippen LogP contribution in [0.5, 0.6) is 0 Å². The van der Waals surface area contributed by atoms with E-state index in [1.165, 1.54) is 0 Å². The van der Waals surface area contributed by atoms with Gasteiger partial charge in [-0.05, 0) is 6.54 Å².